The van der Waals surface area contributed by atoms with Crippen molar-refractivity contribution in [2.75, 3.05) is 13.2 Å². The van der Waals surface area contributed by atoms with E-state index >= 15 is 0 Å². The molecule has 0 fully saturated rings. The second kappa shape index (κ2) is 10.9. The molecule has 0 aliphatic heterocycles. The molecule has 0 aliphatic carbocycles. The SMILES string of the molecule is CCCCC=C=C(CC)C(OCC)OCC. The van der Waals surface area contributed by atoms with E-state index in [-0.39, 0.29) is 6.29 Å². The summed E-state index contributed by atoms with van der Waals surface area (Å²) in [6.07, 6.45) is 6.35. The van der Waals surface area contributed by atoms with Crippen molar-refractivity contribution in [3.8, 4) is 0 Å². The van der Waals surface area contributed by atoms with Crippen molar-refractivity contribution in [1.29, 1.82) is 0 Å². The van der Waals surface area contributed by atoms with E-state index in [4.69, 9.17) is 9.47 Å². The zero-order valence-corrected chi connectivity index (χ0v) is 11.2. The molecule has 16 heavy (non-hydrogen) atoms. The lowest BCUT2D eigenvalue weighted by Gasteiger charge is -2.17. The zero-order chi connectivity index (χ0) is 12.2. The lowest BCUT2D eigenvalue weighted by Crippen LogP contribution is -2.19. The Bertz CT molecular complexity index is 209. The van der Waals surface area contributed by atoms with E-state index in [1.807, 2.05) is 13.8 Å². The highest BCUT2D eigenvalue weighted by molar-refractivity contribution is 5.04. The summed E-state index contributed by atoms with van der Waals surface area (Å²) in [6.45, 7) is 9.62. The summed E-state index contributed by atoms with van der Waals surface area (Å²) < 4.78 is 11.1. The van der Waals surface area contributed by atoms with Crippen LogP contribution in [0.1, 0.15) is 53.4 Å². The van der Waals surface area contributed by atoms with Gasteiger partial charge in [0.25, 0.3) is 0 Å². The van der Waals surface area contributed by atoms with Gasteiger partial charge in [-0.2, -0.15) is 0 Å². The third-order valence-corrected chi connectivity index (χ3v) is 2.29. The summed E-state index contributed by atoms with van der Waals surface area (Å²) >= 11 is 0. The molecule has 0 rings (SSSR count). The van der Waals surface area contributed by atoms with E-state index < -0.39 is 0 Å². The summed E-state index contributed by atoms with van der Waals surface area (Å²) in [5.41, 5.74) is 4.43. The van der Waals surface area contributed by atoms with E-state index in [2.05, 4.69) is 25.7 Å². The second-order valence-corrected chi connectivity index (χ2v) is 3.61. The summed E-state index contributed by atoms with van der Waals surface area (Å²) in [4.78, 5) is 0. The fraction of sp³-hybridized carbons (Fsp3) is 0.786. The van der Waals surface area contributed by atoms with Crippen molar-refractivity contribution in [3.63, 3.8) is 0 Å². The van der Waals surface area contributed by atoms with Gasteiger partial charge in [-0.15, -0.1) is 5.73 Å². The minimum Gasteiger partial charge on any atom is -0.348 e. The molecule has 94 valence electrons. The molecule has 2 heteroatoms. The third kappa shape index (κ3) is 6.84. The molecule has 2 nitrogen and oxygen atoms in total. The molecule has 0 heterocycles. The topological polar surface area (TPSA) is 18.5 Å². The molecule has 0 radical (unpaired) electrons. The molecule has 0 unspecified atom stereocenters. The number of unbranched alkanes of at least 4 members (excludes halogenated alkanes) is 2. The standard InChI is InChI=1S/C14H26O2/c1-5-9-10-11-12-13(6-2)14(15-7-3)16-8-4/h11,14H,5-10H2,1-4H3. The lowest BCUT2D eigenvalue weighted by atomic mass is 10.2. The van der Waals surface area contributed by atoms with Crippen LogP contribution in [0.4, 0.5) is 0 Å². The van der Waals surface area contributed by atoms with Gasteiger partial charge < -0.3 is 9.47 Å². The molecule has 0 atom stereocenters. The molecule has 0 amide bonds. The molecule has 0 N–H and O–H groups in total. The van der Waals surface area contributed by atoms with Crippen molar-refractivity contribution in [3.05, 3.63) is 17.4 Å². The van der Waals surface area contributed by atoms with Crippen molar-refractivity contribution in [2.45, 2.75) is 59.7 Å². The predicted octanol–water partition coefficient (Wildman–Crippen LogP) is 4.07. The van der Waals surface area contributed by atoms with Gasteiger partial charge in [0, 0.05) is 18.8 Å². The summed E-state index contributed by atoms with van der Waals surface area (Å²) in [6, 6.07) is 0. The number of hydrogen-bond donors (Lipinski definition) is 0. The van der Waals surface area contributed by atoms with Crippen molar-refractivity contribution >= 4 is 0 Å². The Balaban J connectivity index is 4.43. The monoisotopic (exact) mass is 226 g/mol. The molecule has 0 aromatic heterocycles. The average Bonchev–Trinajstić information content (AvgIpc) is 2.29. The molecule has 0 spiro atoms. The van der Waals surface area contributed by atoms with Gasteiger partial charge in [0.05, 0.1) is 0 Å². The highest BCUT2D eigenvalue weighted by Crippen LogP contribution is 2.11. The maximum absolute atomic E-state index is 5.55. The Labute approximate surface area is 100 Å². The van der Waals surface area contributed by atoms with E-state index in [1.165, 1.54) is 12.8 Å². The van der Waals surface area contributed by atoms with Crippen LogP contribution in [-0.4, -0.2) is 19.5 Å². The second-order valence-electron chi connectivity index (χ2n) is 3.61. The smallest absolute Gasteiger partial charge is 0.187 e. The number of rotatable bonds is 9. The summed E-state index contributed by atoms with van der Waals surface area (Å²) in [7, 11) is 0. The van der Waals surface area contributed by atoms with E-state index in [1.54, 1.807) is 0 Å². The van der Waals surface area contributed by atoms with Gasteiger partial charge in [-0.1, -0.05) is 20.3 Å². The Kier molecular flexibility index (Phi) is 10.6. The van der Waals surface area contributed by atoms with E-state index in [0.29, 0.717) is 13.2 Å². The Morgan fingerprint density at radius 1 is 1.12 bits per heavy atom. The fourth-order valence-corrected chi connectivity index (χ4v) is 1.40. The normalized spacial score (nSPS) is 10.3. The fourth-order valence-electron chi connectivity index (χ4n) is 1.40. The van der Waals surface area contributed by atoms with Crippen LogP contribution >= 0.6 is 0 Å². The quantitative estimate of drug-likeness (QED) is 0.335. The van der Waals surface area contributed by atoms with Crippen LogP contribution in [0.3, 0.4) is 0 Å². The number of hydrogen-bond acceptors (Lipinski definition) is 2. The molecule has 0 saturated carbocycles. The summed E-state index contributed by atoms with van der Waals surface area (Å²) in [5, 5.41) is 0. The van der Waals surface area contributed by atoms with Crippen LogP contribution in [0.5, 0.6) is 0 Å². The minimum absolute atomic E-state index is 0.210. The van der Waals surface area contributed by atoms with Crippen molar-refractivity contribution in [1.82, 2.24) is 0 Å². The highest BCUT2D eigenvalue weighted by atomic mass is 16.7. The van der Waals surface area contributed by atoms with Crippen LogP contribution in [0.25, 0.3) is 0 Å². The third-order valence-electron chi connectivity index (χ3n) is 2.29. The highest BCUT2D eigenvalue weighted by Gasteiger charge is 2.11. The van der Waals surface area contributed by atoms with Crippen LogP contribution in [-0.2, 0) is 9.47 Å². The van der Waals surface area contributed by atoms with Gasteiger partial charge in [0.15, 0.2) is 6.29 Å². The molecule has 0 aliphatic rings. The lowest BCUT2D eigenvalue weighted by molar-refractivity contribution is -0.112. The Morgan fingerprint density at radius 3 is 2.19 bits per heavy atom. The molecule has 0 aromatic carbocycles. The van der Waals surface area contributed by atoms with Gasteiger partial charge in [-0.05, 0) is 39.2 Å². The van der Waals surface area contributed by atoms with Crippen molar-refractivity contribution in [2.24, 2.45) is 0 Å². The van der Waals surface area contributed by atoms with E-state index in [9.17, 15) is 0 Å². The Morgan fingerprint density at radius 2 is 1.75 bits per heavy atom. The van der Waals surface area contributed by atoms with Crippen LogP contribution in [0.15, 0.2) is 17.4 Å². The van der Waals surface area contributed by atoms with Gasteiger partial charge >= 0.3 is 0 Å². The summed E-state index contributed by atoms with van der Waals surface area (Å²) in [5.74, 6) is 0. The minimum atomic E-state index is -0.210. The predicted molar refractivity (Wildman–Crippen MR) is 68.5 cm³/mol. The first-order valence-electron chi connectivity index (χ1n) is 6.47. The molecular weight excluding hydrogens is 200 g/mol. The van der Waals surface area contributed by atoms with Gasteiger partial charge in [-0.25, -0.2) is 0 Å². The van der Waals surface area contributed by atoms with Gasteiger partial charge in [0.1, 0.15) is 0 Å². The maximum Gasteiger partial charge on any atom is 0.187 e. The van der Waals surface area contributed by atoms with Crippen LogP contribution in [0.2, 0.25) is 0 Å². The van der Waals surface area contributed by atoms with E-state index in [0.717, 1.165) is 18.4 Å². The first-order valence-corrected chi connectivity index (χ1v) is 6.47. The maximum atomic E-state index is 5.55. The first-order chi connectivity index (χ1) is 7.79. The van der Waals surface area contributed by atoms with Crippen LogP contribution < -0.4 is 0 Å². The van der Waals surface area contributed by atoms with Crippen LogP contribution in [0, 0.1) is 0 Å². The van der Waals surface area contributed by atoms with Crippen molar-refractivity contribution < 1.29 is 9.47 Å². The average molecular weight is 226 g/mol. The molecule has 0 aromatic rings. The molecule has 0 saturated heterocycles. The molecular formula is C14H26O2. The van der Waals surface area contributed by atoms with Gasteiger partial charge in [-0.3, -0.25) is 0 Å². The zero-order valence-electron chi connectivity index (χ0n) is 11.2. The van der Waals surface area contributed by atoms with Gasteiger partial charge in [0.2, 0.25) is 0 Å². The number of ether oxygens (including phenoxy) is 2. The largest absolute Gasteiger partial charge is 0.348 e. The first kappa shape index (κ1) is 15.4. The Hall–Kier alpha value is -0.560. The molecule has 0 bridgehead atoms.